The second-order valence-electron chi connectivity index (χ2n) is 6.13. The Balaban J connectivity index is 1.75. The summed E-state index contributed by atoms with van der Waals surface area (Å²) in [6, 6.07) is 10.2. The maximum atomic E-state index is 12.7. The number of amides is 1. The standard InChI is InChI=1S/C21H21F2NO5/c1-3-24(12-14-7-9-16-18(11-14)28-13-27-16)19(25)10-8-15-5-4-6-17(26-2)20(15)29-21(22)23/h4-11,21H,3,12-13H2,1-2H3. The highest BCUT2D eigenvalue weighted by molar-refractivity contribution is 5.92. The molecule has 154 valence electrons. The molecule has 0 saturated heterocycles. The number of alkyl halides is 2. The smallest absolute Gasteiger partial charge is 0.387 e. The van der Waals surface area contributed by atoms with Crippen LogP contribution >= 0.6 is 0 Å². The molecule has 2 aromatic rings. The third kappa shape index (κ3) is 4.96. The van der Waals surface area contributed by atoms with Gasteiger partial charge in [0.2, 0.25) is 12.7 Å². The van der Waals surface area contributed by atoms with Crippen molar-refractivity contribution in [2.24, 2.45) is 0 Å². The fraction of sp³-hybridized carbons (Fsp3) is 0.286. The molecule has 1 amide bonds. The van der Waals surface area contributed by atoms with Gasteiger partial charge in [0.05, 0.1) is 7.11 Å². The zero-order valence-corrected chi connectivity index (χ0v) is 16.1. The van der Waals surface area contributed by atoms with E-state index in [0.29, 0.717) is 30.2 Å². The second kappa shape index (κ2) is 9.27. The quantitative estimate of drug-likeness (QED) is 0.620. The van der Waals surface area contributed by atoms with Crippen LogP contribution in [0, 0.1) is 0 Å². The summed E-state index contributed by atoms with van der Waals surface area (Å²) in [5, 5.41) is 0. The highest BCUT2D eigenvalue weighted by Crippen LogP contribution is 2.34. The number of carbonyl (C=O) groups excluding carboxylic acids is 1. The van der Waals surface area contributed by atoms with Gasteiger partial charge in [-0.3, -0.25) is 4.79 Å². The third-order valence-electron chi connectivity index (χ3n) is 4.35. The summed E-state index contributed by atoms with van der Waals surface area (Å²) < 4.78 is 45.8. The van der Waals surface area contributed by atoms with Crippen LogP contribution in [-0.4, -0.2) is 37.9 Å². The first-order valence-electron chi connectivity index (χ1n) is 8.99. The fourth-order valence-electron chi connectivity index (χ4n) is 2.91. The van der Waals surface area contributed by atoms with Gasteiger partial charge in [0, 0.05) is 24.7 Å². The van der Waals surface area contributed by atoms with E-state index in [4.69, 9.17) is 14.2 Å². The Morgan fingerprint density at radius 1 is 1.24 bits per heavy atom. The lowest BCUT2D eigenvalue weighted by molar-refractivity contribution is -0.126. The minimum atomic E-state index is -3.01. The summed E-state index contributed by atoms with van der Waals surface area (Å²) in [7, 11) is 1.36. The summed E-state index contributed by atoms with van der Waals surface area (Å²) in [4.78, 5) is 14.2. The van der Waals surface area contributed by atoms with Crippen LogP contribution in [0.3, 0.4) is 0 Å². The molecular weight excluding hydrogens is 384 g/mol. The summed E-state index contributed by atoms with van der Waals surface area (Å²) in [5.41, 5.74) is 1.21. The van der Waals surface area contributed by atoms with E-state index in [9.17, 15) is 13.6 Å². The molecule has 1 aliphatic heterocycles. The molecule has 0 saturated carbocycles. The molecule has 0 N–H and O–H groups in total. The second-order valence-corrected chi connectivity index (χ2v) is 6.13. The molecule has 6 nitrogen and oxygen atoms in total. The summed E-state index contributed by atoms with van der Waals surface area (Å²) in [6.45, 7) is -0.130. The van der Waals surface area contributed by atoms with Crippen molar-refractivity contribution in [3.8, 4) is 23.0 Å². The topological polar surface area (TPSA) is 57.2 Å². The lowest BCUT2D eigenvalue weighted by Gasteiger charge is -2.19. The predicted octanol–water partition coefficient (Wildman–Crippen LogP) is 4.09. The van der Waals surface area contributed by atoms with Gasteiger partial charge in [-0.15, -0.1) is 0 Å². The monoisotopic (exact) mass is 405 g/mol. The summed E-state index contributed by atoms with van der Waals surface area (Å²) in [5.74, 6) is 1.09. The number of likely N-dealkylation sites (N-methyl/N-ethyl adjacent to an activating group) is 1. The summed E-state index contributed by atoms with van der Waals surface area (Å²) >= 11 is 0. The fourth-order valence-corrected chi connectivity index (χ4v) is 2.91. The van der Waals surface area contributed by atoms with E-state index in [2.05, 4.69) is 4.74 Å². The Hall–Kier alpha value is -3.29. The number of rotatable bonds is 8. The molecule has 0 bridgehead atoms. The molecule has 0 spiro atoms. The molecule has 0 aliphatic carbocycles. The number of carbonyl (C=O) groups is 1. The van der Waals surface area contributed by atoms with E-state index in [1.54, 1.807) is 23.1 Å². The molecule has 2 aromatic carbocycles. The molecule has 0 aromatic heterocycles. The highest BCUT2D eigenvalue weighted by atomic mass is 19.3. The van der Waals surface area contributed by atoms with Crippen LogP contribution in [0.1, 0.15) is 18.1 Å². The average Bonchev–Trinajstić information content (AvgIpc) is 3.18. The Morgan fingerprint density at radius 2 is 2.03 bits per heavy atom. The van der Waals surface area contributed by atoms with Crippen LogP contribution < -0.4 is 18.9 Å². The van der Waals surface area contributed by atoms with Crippen LogP contribution in [0.2, 0.25) is 0 Å². The van der Waals surface area contributed by atoms with E-state index in [-0.39, 0.29) is 24.2 Å². The normalized spacial score (nSPS) is 12.4. The van der Waals surface area contributed by atoms with Gasteiger partial charge in [-0.25, -0.2) is 0 Å². The first kappa shape index (κ1) is 20.4. The number of para-hydroxylation sites is 1. The number of nitrogens with zero attached hydrogens (tertiary/aromatic N) is 1. The molecular formula is C21H21F2NO5. The maximum absolute atomic E-state index is 12.7. The minimum Gasteiger partial charge on any atom is -0.493 e. The Labute approximate surface area is 167 Å². The number of hydrogen-bond acceptors (Lipinski definition) is 5. The Kier molecular flexibility index (Phi) is 6.54. The van der Waals surface area contributed by atoms with Crippen molar-refractivity contribution in [2.45, 2.75) is 20.1 Å². The van der Waals surface area contributed by atoms with Gasteiger partial charge in [-0.2, -0.15) is 8.78 Å². The van der Waals surface area contributed by atoms with Gasteiger partial charge < -0.3 is 23.8 Å². The van der Waals surface area contributed by atoms with E-state index >= 15 is 0 Å². The molecule has 8 heteroatoms. The largest absolute Gasteiger partial charge is 0.493 e. The van der Waals surface area contributed by atoms with Gasteiger partial charge in [-0.1, -0.05) is 18.2 Å². The van der Waals surface area contributed by atoms with Gasteiger partial charge in [0.25, 0.3) is 0 Å². The van der Waals surface area contributed by atoms with Crippen molar-refractivity contribution in [2.75, 3.05) is 20.4 Å². The van der Waals surface area contributed by atoms with Crippen molar-refractivity contribution in [1.82, 2.24) is 4.90 Å². The van der Waals surface area contributed by atoms with Crippen molar-refractivity contribution >= 4 is 12.0 Å². The third-order valence-corrected chi connectivity index (χ3v) is 4.35. The van der Waals surface area contributed by atoms with E-state index in [0.717, 1.165) is 5.56 Å². The number of fused-ring (bicyclic) bond motifs is 1. The van der Waals surface area contributed by atoms with Crippen molar-refractivity contribution in [1.29, 1.82) is 0 Å². The molecule has 1 aliphatic rings. The molecule has 3 rings (SSSR count). The van der Waals surface area contributed by atoms with Crippen molar-refractivity contribution < 1.29 is 32.5 Å². The van der Waals surface area contributed by atoms with E-state index < -0.39 is 6.61 Å². The van der Waals surface area contributed by atoms with Gasteiger partial charge in [0.15, 0.2) is 23.0 Å². The average molecular weight is 405 g/mol. The summed E-state index contributed by atoms with van der Waals surface area (Å²) in [6.07, 6.45) is 2.76. The SMILES string of the molecule is CCN(Cc1ccc2c(c1)OCO2)C(=O)C=Cc1cccc(OC)c1OC(F)F. The lowest BCUT2D eigenvalue weighted by atomic mass is 10.1. The van der Waals surface area contributed by atoms with E-state index in [1.807, 2.05) is 19.1 Å². The number of halogens is 2. The van der Waals surface area contributed by atoms with E-state index in [1.165, 1.54) is 25.3 Å². The molecule has 0 unspecified atom stereocenters. The molecule has 0 fully saturated rings. The van der Waals surface area contributed by atoms with Crippen molar-refractivity contribution in [3.63, 3.8) is 0 Å². The first-order valence-corrected chi connectivity index (χ1v) is 8.99. The Bertz CT molecular complexity index is 901. The van der Waals surface area contributed by atoms with Gasteiger partial charge in [0.1, 0.15) is 0 Å². The van der Waals surface area contributed by atoms with Gasteiger partial charge >= 0.3 is 6.61 Å². The zero-order chi connectivity index (χ0) is 20.8. The lowest BCUT2D eigenvalue weighted by Crippen LogP contribution is -2.28. The molecule has 29 heavy (non-hydrogen) atoms. The number of benzene rings is 2. The first-order chi connectivity index (χ1) is 14.0. The number of ether oxygens (including phenoxy) is 4. The Morgan fingerprint density at radius 3 is 2.76 bits per heavy atom. The van der Waals surface area contributed by atoms with Crippen LogP contribution in [0.25, 0.3) is 6.08 Å². The van der Waals surface area contributed by atoms with Gasteiger partial charge in [-0.05, 0) is 36.8 Å². The highest BCUT2D eigenvalue weighted by Gasteiger charge is 2.17. The van der Waals surface area contributed by atoms with Crippen LogP contribution in [0.15, 0.2) is 42.5 Å². The number of hydrogen-bond donors (Lipinski definition) is 0. The molecule has 0 atom stereocenters. The zero-order valence-electron chi connectivity index (χ0n) is 16.1. The molecule has 0 radical (unpaired) electrons. The maximum Gasteiger partial charge on any atom is 0.387 e. The number of methoxy groups -OCH3 is 1. The van der Waals surface area contributed by atoms with Crippen LogP contribution in [0.5, 0.6) is 23.0 Å². The van der Waals surface area contributed by atoms with Crippen molar-refractivity contribution in [3.05, 3.63) is 53.6 Å². The molecule has 1 heterocycles. The van der Waals surface area contributed by atoms with Crippen LogP contribution in [-0.2, 0) is 11.3 Å². The minimum absolute atomic E-state index is 0.118. The predicted molar refractivity (Wildman–Crippen MR) is 102 cm³/mol. The van der Waals surface area contributed by atoms with Crippen LogP contribution in [0.4, 0.5) is 8.78 Å².